The molecule has 1 aromatic carbocycles. The molecule has 1 atom stereocenters. The number of nitrogens with zero attached hydrogens (tertiary/aromatic N) is 1. The molecule has 1 unspecified atom stereocenters. The predicted molar refractivity (Wildman–Crippen MR) is 74.7 cm³/mol. The van der Waals surface area contributed by atoms with E-state index in [4.69, 9.17) is 9.47 Å². The minimum Gasteiger partial charge on any atom is -0.492 e. The van der Waals surface area contributed by atoms with E-state index in [-0.39, 0.29) is 12.6 Å². The van der Waals surface area contributed by atoms with Gasteiger partial charge in [-0.25, -0.2) is 0 Å². The molecule has 0 aliphatic carbocycles. The summed E-state index contributed by atoms with van der Waals surface area (Å²) < 4.78 is 11.2. The predicted octanol–water partition coefficient (Wildman–Crippen LogP) is 1.38. The molecule has 4 nitrogen and oxygen atoms in total. The molecule has 0 bridgehead atoms. The SMILES string of the molecule is Cc1ccc(C)c(OCCN2CCOCC2CO)c1. The summed E-state index contributed by atoms with van der Waals surface area (Å²) in [5.41, 5.74) is 2.37. The first-order chi connectivity index (χ1) is 9.20. The van der Waals surface area contributed by atoms with Crippen LogP contribution in [0.4, 0.5) is 0 Å². The lowest BCUT2D eigenvalue weighted by Crippen LogP contribution is -2.48. The van der Waals surface area contributed by atoms with Crippen LogP contribution in [0.15, 0.2) is 18.2 Å². The van der Waals surface area contributed by atoms with Crippen LogP contribution < -0.4 is 4.74 Å². The van der Waals surface area contributed by atoms with Crippen molar-refractivity contribution in [1.82, 2.24) is 4.90 Å². The number of hydrogen-bond acceptors (Lipinski definition) is 4. The average molecular weight is 265 g/mol. The van der Waals surface area contributed by atoms with Crippen LogP contribution in [-0.4, -0.2) is 55.6 Å². The van der Waals surface area contributed by atoms with Crippen molar-refractivity contribution in [2.24, 2.45) is 0 Å². The Labute approximate surface area is 114 Å². The van der Waals surface area contributed by atoms with E-state index in [9.17, 15) is 5.11 Å². The normalized spacial score (nSPS) is 20.5. The van der Waals surface area contributed by atoms with Gasteiger partial charge in [0.25, 0.3) is 0 Å². The minimum atomic E-state index is 0.107. The lowest BCUT2D eigenvalue weighted by molar-refractivity contribution is -0.0313. The molecule has 2 rings (SSSR count). The summed E-state index contributed by atoms with van der Waals surface area (Å²) in [7, 11) is 0. The van der Waals surface area contributed by atoms with E-state index >= 15 is 0 Å². The van der Waals surface area contributed by atoms with Gasteiger partial charge in [-0.1, -0.05) is 12.1 Å². The molecular formula is C15H23NO3. The number of aryl methyl sites for hydroxylation is 2. The van der Waals surface area contributed by atoms with Gasteiger partial charge in [-0.3, -0.25) is 4.90 Å². The van der Waals surface area contributed by atoms with Gasteiger partial charge >= 0.3 is 0 Å². The van der Waals surface area contributed by atoms with Crippen LogP contribution in [-0.2, 0) is 4.74 Å². The van der Waals surface area contributed by atoms with Gasteiger partial charge in [0, 0.05) is 13.1 Å². The first kappa shape index (κ1) is 14.3. The van der Waals surface area contributed by atoms with Gasteiger partial charge in [0.05, 0.1) is 25.9 Å². The van der Waals surface area contributed by atoms with Crippen molar-refractivity contribution < 1.29 is 14.6 Å². The zero-order chi connectivity index (χ0) is 13.7. The largest absolute Gasteiger partial charge is 0.492 e. The molecular weight excluding hydrogens is 242 g/mol. The summed E-state index contributed by atoms with van der Waals surface area (Å²) in [6, 6.07) is 6.34. The van der Waals surface area contributed by atoms with Gasteiger partial charge in [-0.05, 0) is 31.0 Å². The fourth-order valence-corrected chi connectivity index (χ4v) is 2.29. The highest BCUT2D eigenvalue weighted by Gasteiger charge is 2.21. The Morgan fingerprint density at radius 2 is 2.26 bits per heavy atom. The first-order valence-electron chi connectivity index (χ1n) is 6.83. The van der Waals surface area contributed by atoms with Crippen LogP contribution >= 0.6 is 0 Å². The van der Waals surface area contributed by atoms with Gasteiger partial charge in [-0.15, -0.1) is 0 Å². The van der Waals surface area contributed by atoms with E-state index in [1.54, 1.807) is 0 Å². The Hall–Kier alpha value is -1.10. The van der Waals surface area contributed by atoms with Gasteiger partial charge in [0.2, 0.25) is 0 Å². The van der Waals surface area contributed by atoms with Crippen LogP contribution in [0.5, 0.6) is 5.75 Å². The Morgan fingerprint density at radius 3 is 3.05 bits per heavy atom. The Bertz CT molecular complexity index is 408. The summed E-state index contributed by atoms with van der Waals surface area (Å²) in [5.74, 6) is 0.953. The van der Waals surface area contributed by atoms with Gasteiger partial charge in [0.15, 0.2) is 0 Å². The highest BCUT2D eigenvalue weighted by molar-refractivity contribution is 5.35. The standard InChI is InChI=1S/C15H23NO3/c1-12-3-4-13(2)15(9-12)19-8-6-16-5-7-18-11-14(16)10-17/h3-4,9,14,17H,5-8,10-11H2,1-2H3. The number of aliphatic hydroxyl groups excluding tert-OH is 1. The molecule has 0 amide bonds. The molecule has 1 fully saturated rings. The second kappa shape index (κ2) is 6.89. The third kappa shape index (κ3) is 3.93. The highest BCUT2D eigenvalue weighted by atomic mass is 16.5. The Morgan fingerprint density at radius 1 is 1.42 bits per heavy atom. The van der Waals surface area contributed by atoms with E-state index in [1.165, 1.54) is 5.56 Å². The Kier molecular flexibility index (Phi) is 5.19. The van der Waals surface area contributed by atoms with E-state index < -0.39 is 0 Å². The third-order valence-electron chi connectivity index (χ3n) is 3.54. The van der Waals surface area contributed by atoms with E-state index in [0.29, 0.717) is 13.2 Å². The van der Waals surface area contributed by atoms with Crippen LogP contribution in [0, 0.1) is 13.8 Å². The van der Waals surface area contributed by atoms with Crippen LogP contribution in [0.25, 0.3) is 0 Å². The lowest BCUT2D eigenvalue weighted by atomic mass is 10.1. The molecule has 1 aromatic rings. The molecule has 0 radical (unpaired) electrons. The van der Waals surface area contributed by atoms with Crippen molar-refractivity contribution >= 4 is 0 Å². The summed E-state index contributed by atoms with van der Waals surface area (Å²) in [6.45, 7) is 7.93. The first-order valence-corrected chi connectivity index (χ1v) is 6.83. The van der Waals surface area contributed by atoms with Crippen LogP contribution in [0.3, 0.4) is 0 Å². The van der Waals surface area contributed by atoms with E-state index in [1.807, 2.05) is 0 Å². The van der Waals surface area contributed by atoms with Gasteiger partial charge in [-0.2, -0.15) is 0 Å². The summed E-state index contributed by atoms with van der Waals surface area (Å²) in [4.78, 5) is 2.23. The minimum absolute atomic E-state index is 0.107. The van der Waals surface area contributed by atoms with Crippen molar-refractivity contribution in [2.45, 2.75) is 19.9 Å². The molecule has 106 valence electrons. The lowest BCUT2D eigenvalue weighted by Gasteiger charge is -2.34. The molecule has 4 heteroatoms. The monoisotopic (exact) mass is 265 g/mol. The molecule has 0 aromatic heterocycles. The number of morpholine rings is 1. The zero-order valence-electron chi connectivity index (χ0n) is 11.8. The van der Waals surface area contributed by atoms with Crippen molar-refractivity contribution in [3.8, 4) is 5.75 Å². The fourth-order valence-electron chi connectivity index (χ4n) is 2.29. The van der Waals surface area contributed by atoms with E-state index in [2.05, 4.69) is 36.9 Å². The zero-order valence-corrected chi connectivity index (χ0v) is 11.8. The maximum Gasteiger partial charge on any atom is 0.122 e. The molecule has 19 heavy (non-hydrogen) atoms. The summed E-state index contributed by atoms with van der Waals surface area (Å²) in [5, 5.41) is 9.30. The quantitative estimate of drug-likeness (QED) is 0.873. The molecule has 1 aliphatic rings. The van der Waals surface area contributed by atoms with Crippen molar-refractivity contribution in [3.05, 3.63) is 29.3 Å². The van der Waals surface area contributed by atoms with Crippen molar-refractivity contribution in [3.63, 3.8) is 0 Å². The number of ether oxygens (including phenoxy) is 2. The molecule has 0 saturated carbocycles. The molecule has 0 spiro atoms. The molecule has 1 aliphatic heterocycles. The third-order valence-corrected chi connectivity index (χ3v) is 3.54. The maximum absolute atomic E-state index is 9.30. The number of benzene rings is 1. The maximum atomic E-state index is 9.30. The number of rotatable bonds is 5. The van der Waals surface area contributed by atoms with Gasteiger partial charge in [0.1, 0.15) is 12.4 Å². The van der Waals surface area contributed by atoms with Crippen LogP contribution in [0.2, 0.25) is 0 Å². The summed E-state index contributed by atoms with van der Waals surface area (Å²) >= 11 is 0. The molecule has 1 N–H and O–H groups in total. The fraction of sp³-hybridized carbons (Fsp3) is 0.600. The van der Waals surface area contributed by atoms with Crippen molar-refractivity contribution in [1.29, 1.82) is 0 Å². The van der Waals surface area contributed by atoms with Crippen molar-refractivity contribution in [2.75, 3.05) is 39.5 Å². The second-order valence-corrected chi connectivity index (χ2v) is 5.06. The average Bonchev–Trinajstić information content (AvgIpc) is 2.43. The van der Waals surface area contributed by atoms with Gasteiger partial charge < -0.3 is 14.6 Å². The molecule has 1 heterocycles. The number of hydrogen-bond donors (Lipinski definition) is 1. The smallest absolute Gasteiger partial charge is 0.122 e. The summed E-state index contributed by atoms with van der Waals surface area (Å²) in [6.07, 6.45) is 0. The molecule has 1 saturated heterocycles. The Balaban J connectivity index is 1.83. The van der Waals surface area contributed by atoms with Crippen LogP contribution in [0.1, 0.15) is 11.1 Å². The second-order valence-electron chi connectivity index (χ2n) is 5.06. The van der Waals surface area contributed by atoms with E-state index in [0.717, 1.165) is 31.0 Å². The number of aliphatic hydroxyl groups is 1. The highest BCUT2D eigenvalue weighted by Crippen LogP contribution is 2.19. The topological polar surface area (TPSA) is 41.9 Å².